The molecule has 37 heavy (non-hydrogen) atoms. The molecule has 3 aromatic rings. The molecule has 0 bridgehead atoms. The molecule has 0 saturated heterocycles. The standard InChI is InChI=1S/C25H29F3N6O3/c1-13(2)31-21(35)17-8-15(9-29-22(17)37-6)18-7-14(3)19-20(32-18)24(4,5)34(23(19)36)16-10-30-33(11-16)12-25(26,27)28/h7-11,13,21,31,35H,12H2,1-6H3. The molecule has 1 aliphatic heterocycles. The molecule has 0 fully saturated rings. The summed E-state index contributed by atoms with van der Waals surface area (Å²) in [5, 5.41) is 17.5. The number of aromatic nitrogens is 4. The highest BCUT2D eigenvalue weighted by atomic mass is 19.4. The predicted molar refractivity (Wildman–Crippen MR) is 130 cm³/mol. The molecule has 1 aliphatic rings. The smallest absolute Gasteiger partial charge is 0.408 e. The first-order valence-corrected chi connectivity index (χ1v) is 11.7. The van der Waals surface area contributed by atoms with E-state index in [9.17, 15) is 23.1 Å². The number of anilines is 1. The van der Waals surface area contributed by atoms with Crippen LogP contribution in [0.5, 0.6) is 5.88 Å². The van der Waals surface area contributed by atoms with Gasteiger partial charge in [0.05, 0.1) is 47.0 Å². The molecule has 1 atom stereocenters. The summed E-state index contributed by atoms with van der Waals surface area (Å²) < 4.78 is 44.6. The SMILES string of the molecule is COc1ncc(-c2cc(C)c3c(n2)C(C)(C)N(c2cnn(CC(F)(F)F)c2)C3=O)cc1C(O)NC(C)C. The highest BCUT2D eigenvalue weighted by Gasteiger charge is 2.47. The van der Waals surface area contributed by atoms with E-state index < -0.39 is 24.5 Å². The molecule has 0 aromatic carbocycles. The Hall–Kier alpha value is -3.51. The van der Waals surface area contributed by atoms with E-state index in [1.54, 1.807) is 39.1 Å². The van der Waals surface area contributed by atoms with Crippen LogP contribution in [0.25, 0.3) is 11.3 Å². The molecule has 1 unspecified atom stereocenters. The van der Waals surface area contributed by atoms with Crippen LogP contribution in [0.2, 0.25) is 0 Å². The lowest BCUT2D eigenvalue weighted by Crippen LogP contribution is -2.39. The number of carbonyl (C=O) groups is 1. The van der Waals surface area contributed by atoms with Crippen molar-refractivity contribution in [3.8, 4) is 17.1 Å². The molecular weight excluding hydrogens is 489 g/mol. The van der Waals surface area contributed by atoms with Crippen LogP contribution in [-0.4, -0.2) is 50.1 Å². The Morgan fingerprint density at radius 1 is 1.22 bits per heavy atom. The van der Waals surface area contributed by atoms with E-state index in [4.69, 9.17) is 9.72 Å². The maximum Gasteiger partial charge on any atom is 0.408 e. The number of alkyl halides is 3. The molecule has 2 N–H and O–H groups in total. The van der Waals surface area contributed by atoms with E-state index in [1.807, 2.05) is 13.8 Å². The van der Waals surface area contributed by atoms with E-state index >= 15 is 0 Å². The summed E-state index contributed by atoms with van der Waals surface area (Å²) in [6, 6.07) is 3.48. The van der Waals surface area contributed by atoms with Gasteiger partial charge in [0.1, 0.15) is 12.8 Å². The minimum absolute atomic E-state index is 0.00186. The fraction of sp³-hybridized carbons (Fsp3) is 0.440. The Balaban J connectivity index is 1.75. The number of rotatable bonds is 7. The van der Waals surface area contributed by atoms with Gasteiger partial charge in [-0.2, -0.15) is 18.3 Å². The third kappa shape index (κ3) is 5.03. The number of aliphatic hydroxyl groups excluding tert-OH is 1. The van der Waals surface area contributed by atoms with Gasteiger partial charge in [-0.05, 0) is 52.3 Å². The largest absolute Gasteiger partial charge is 0.481 e. The lowest BCUT2D eigenvalue weighted by Gasteiger charge is -2.30. The summed E-state index contributed by atoms with van der Waals surface area (Å²) in [5.41, 5.74) is 2.36. The normalized spacial score (nSPS) is 15.9. The summed E-state index contributed by atoms with van der Waals surface area (Å²) in [4.78, 5) is 24.0. The van der Waals surface area contributed by atoms with Gasteiger partial charge in [0.2, 0.25) is 5.88 Å². The molecule has 0 saturated carbocycles. The van der Waals surface area contributed by atoms with Crippen LogP contribution in [0.15, 0.2) is 30.7 Å². The van der Waals surface area contributed by atoms with E-state index in [0.717, 1.165) is 4.68 Å². The monoisotopic (exact) mass is 518 g/mol. The van der Waals surface area contributed by atoms with Crippen molar-refractivity contribution in [1.82, 2.24) is 25.1 Å². The maximum absolute atomic E-state index is 13.5. The molecule has 0 spiro atoms. The van der Waals surface area contributed by atoms with Crippen molar-refractivity contribution in [2.24, 2.45) is 0 Å². The molecule has 4 rings (SSSR count). The van der Waals surface area contributed by atoms with Crippen molar-refractivity contribution in [2.45, 2.75) is 65.1 Å². The van der Waals surface area contributed by atoms with Crippen molar-refractivity contribution < 1.29 is 27.8 Å². The van der Waals surface area contributed by atoms with Gasteiger partial charge in [-0.3, -0.25) is 19.7 Å². The average Bonchev–Trinajstić information content (AvgIpc) is 3.30. The van der Waals surface area contributed by atoms with Gasteiger partial charge in [0.15, 0.2) is 0 Å². The number of ether oxygens (including phenoxy) is 1. The molecule has 3 aromatic heterocycles. The van der Waals surface area contributed by atoms with Crippen LogP contribution >= 0.6 is 0 Å². The van der Waals surface area contributed by atoms with Crippen LogP contribution in [-0.2, 0) is 12.1 Å². The molecule has 4 heterocycles. The minimum Gasteiger partial charge on any atom is -0.481 e. The average molecular weight is 519 g/mol. The number of nitrogens with one attached hydrogen (secondary N) is 1. The molecule has 9 nitrogen and oxygen atoms in total. The summed E-state index contributed by atoms with van der Waals surface area (Å²) in [6.07, 6.45) is -1.44. The van der Waals surface area contributed by atoms with Crippen LogP contribution < -0.4 is 15.0 Å². The summed E-state index contributed by atoms with van der Waals surface area (Å²) in [6.45, 7) is 7.88. The van der Waals surface area contributed by atoms with Crippen LogP contribution in [0.3, 0.4) is 0 Å². The fourth-order valence-corrected chi connectivity index (χ4v) is 4.56. The van der Waals surface area contributed by atoms with Crippen LogP contribution in [0.1, 0.15) is 61.1 Å². The lowest BCUT2D eigenvalue weighted by molar-refractivity contribution is -0.142. The zero-order valence-corrected chi connectivity index (χ0v) is 21.4. The number of pyridine rings is 2. The molecular formula is C25H29F3N6O3. The Kier molecular flexibility index (Phi) is 6.76. The van der Waals surface area contributed by atoms with Crippen LogP contribution in [0, 0.1) is 6.92 Å². The number of carbonyl (C=O) groups excluding carboxylic acids is 1. The van der Waals surface area contributed by atoms with Crippen molar-refractivity contribution in [3.05, 3.63) is 53.1 Å². The minimum atomic E-state index is -4.44. The molecule has 0 aliphatic carbocycles. The van der Waals surface area contributed by atoms with Crippen molar-refractivity contribution in [2.75, 3.05) is 12.0 Å². The maximum atomic E-state index is 13.5. The second-order valence-corrected chi connectivity index (χ2v) is 9.81. The third-order valence-electron chi connectivity index (χ3n) is 6.14. The van der Waals surface area contributed by atoms with Gasteiger partial charge in [-0.1, -0.05) is 0 Å². The number of halogens is 3. The number of hydrogen-bond donors (Lipinski definition) is 2. The highest BCUT2D eigenvalue weighted by Crippen LogP contribution is 2.43. The molecule has 0 radical (unpaired) electrons. The van der Waals surface area contributed by atoms with Crippen molar-refractivity contribution in [1.29, 1.82) is 0 Å². The molecule has 12 heteroatoms. The van der Waals surface area contributed by atoms with E-state index in [0.29, 0.717) is 33.6 Å². The number of aryl methyl sites for hydroxylation is 1. The van der Waals surface area contributed by atoms with Gasteiger partial charge in [0, 0.05) is 24.0 Å². The fourth-order valence-electron chi connectivity index (χ4n) is 4.56. The van der Waals surface area contributed by atoms with E-state index in [-0.39, 0.29) is 23.5 Å². The second-order valence-electron chi connectivity index (χ2n) is 9.81. The van der Waals surface area contributed by atoms with Gasteiger partial charge in [0.25, 0.3) is 5.91 Å². The quantitative estimate of drug-likeness (QED) is 0.454. The first-order chi connectivity index (χ1) is 17.2. The van der Waals surface area contributed by atoms with Gasteiger partial charge < -0.3 is 9.84 Å². The van der Waals surface area contributed by atoms with E-state index in [1.165, 1.54) is 24.4 Å². The zero-order chi connectivity index (χ0) is 27.3. The van der Waals surface area contributed by atoms with Crippen molar-refractivity contribution in [3.63, 3.8) is 0 Å². The predicted octanol–water partition coefficient (Wildman–Crippen LogP) is 4.10. The van der Waals surface area contributed by atoms with Gasteiger partial charge in [-0.15, -0.1) is 0 Å². The first kappa shape index (κ1) is 26.6. The van der Waals surface area contributed by atoms with Crippen LogP contribution in [0.4, 0.5) is 18.9 Å². The topological polar surface area (TPSA) is 105 Å². The Morgan fingerprint density at radius 3 is 2.54 bits per heavy atom. The number of fused-ring (bicyclic) bond motifs is 1. The summed E-state index contributed by atoms with van der Waals surface area (Å²) in [7, 11) is 1.46. The Bertz CT molecular complexity index is 1340. The molecule has 198 valence electrons. The zero-order valence-electron chi connectivity index (χ0n) is 21.4. The number of nitrogens with zero attached hydrogens (tertiary/aromatic N) is 5. The van der Waals surface area contributed by atoms with Crippen molar-refractivity contribution >= 4 is 11.6 Å². The van der Waals surface area contributed by atoms with Gasteiger partial charge in [-0.25, -0.2) is 9.97 Å². The highest BCUT2D eigenvalue weighted by molar-refractivity contribution is 6.12. The lowest BCUT2D eigenvalue weighted by atomic mass is 9.96. The second kappa shape index (κ2) is 9.42. The number of hydrogen-bond acceptors (Lipinski definition) is 7. The summed E-state index contributed by atoms with van der Waals surface area (Å²) in [5.74, 6) is -0.104. The summed E-state index contributed by atoms with van der Waals surface area (Å²) >= 11 is 0. The Labute approximate surface area is 212 Å². The van der Waals surface area contributed by atoms with Gasteiger partial charge >= 0.3 is 6.18 Å². The Morgan fingerprint density at radius 2 is 1.92 bits per heavy atom. The first-order valence-electron chi connectivity index (χ1n) is 11.7. The number of amides is 1. The van der Waals surface area contributed by atoms with E-state index in [2.05, 4.69) is 15.4 Å². The molecule has 1 amide bonds. The number of methoxy groups -OCH3 is 1. The third-order valence-corrected chi connectivity index (χ3v) is 6.14. The number of aliphatic hydroxyl groups is 1.